The second kappa shape index (κ2) is 4.73. The molecule has 0 fully saturated rings. The number of ether oxygens (including phenoxy) is 2. The van der Waals surface area contributed by atoms with Gasteiger partial charge in [0.15, 0.2) is 5.56 Å². The first-order valence-electron chi connectivity index (χ1n) is 4.19. The maximum absolute atomic E-state index is 12.4. The van der Waals surface area contributed by atoms with Gasteiger partial charge in [0.05, 0.1) is 19.8 Å². The molecule has 7 heteroatoms. The average molecular weight is 233 g/mol. The highest BCUT2D eigenvalue weighted by Crippen LogP contribution is 2.18. The van der Waals surface area contributed by atoms with E-state index < -0.39 is 29.0 Å². The summed E-state index contributed by atoms with van der Waals surface area (Å²) in [5.41, 5.74) is -2.47. The van der Waals surface area contributed by atoms with Crippen LogP contribution in [0.25, 0.3) is 0 Å². The van der Waals surface area contributed by atoms with Gasteiger partial charge < -0.3 is 14.5 Å². The van der Waals surface area contributed by atoms with Crippen molar-refractivity contribution in [2.24, 2.45) is 0 Å². The van der Waals surface area contributed by atoms with E-state index in [0.717, 1.165) is 13.3 Å². The van der Waals surface area contributed by atoms with E-state index in [2.05, 4.69) is 14.5 Å². The first kappa shape index (κ1) is 12.2. The SMILES string of the molecule is COC(=O)c1c(OC)[nH]cc(C(F)F)c1=O. The van der Waals surface area contributed by atoms with Crippen LogP contribution in [-0.4, -0.2) is 25.2 Å². The van der Waals surface area contributed by atoms with E-state index in [1.807, 2.05) is 0 Å². The quantitative estimate of drug-likeness (QED) is 0.794. The molecule has 0 amide bonds. The zero-order valence-electron chi connectivity index (χ0n) is 8.54. The molecule has 0 aliphatic carbocycles. The zero-order valence-corrected chi connectivity index (χ0v) is 8.54. The lowest BCUT2D eigenvalue weighted by molar-refractivity contribution is 0.0593. The predicted molar refractivity (Wildman–Crippen MR) is 49.9 cm³/mol. The molecular formula is C9H9F2NO4. The molecule has 1 aromatic heterocycles. The van der Waals surface area contributed by atoms with Gasteiger partial charge in [-0.2, -0.15) is 0 Å². The molecule has 0 aromatic carbocycles. The summed E-state index contributed by atoms with van der Waals surface area (Å²) in [7, 11) is 2.23. The molecule has 1 rings (SSSR count). The van der Waals surface area contributed by atoms with E-state index in [-0.39, 0.29) is 5.88 Å². The fourth-order valence-electron chi connectivity index (χ4n) is 1.14. The number of hydrogen-bond donors (Lipinski definition) is 1. The lowest BCUT2D eigenvalue weighted by atomic mass is 10.2. The number of nitrogens with one attached hydrogen (secondary N) is 1. The Morgan fingerprint density at radius 3 is 2.50 bits per heavy atom. The summed E-state index contributed by atoms with van der Waals surface area (Å²) < 4.78 is 33.8. The first-order valence-corrected chi connectivity index (χ1v) is 4.19. The fourth-order valence-corrected chi connectivity index (χ4v) is 1.14. The molecule has 16 heavy (non-hydrogen) atoms. The van der Waals surface area contributed by atoms with E-state index in [1.54, 1.807) is 0 Å². The first-order chi connectivity index (χ1) is 7.52. The molecule has 0 bridgehead atoms. The lowest BCUT2D eigenvalue weighted by Crippen LogP contribution is -2.22. The molecule has 88 valence electrons. The van der Waals surface area contributed by atoms with Crippen molar-refractivity contribution in [3.8, 4) is 5.88 Å². The second-order valence-electron chi connectivity index (χ2n) is 2.77. The van der Waals surface area contributed by atoms with Crippen molar-refractivity contribution in [3.63, 3.8) is 0 Å². The van der Waals surface area contributed by atoms with E-state index >= 15 is 0 Å². The number of H-pyrrole nitrogens is 1. The summed E-state index contributed by atoms with van der Waals surface area (Å²) in [6.45, 7) is 0. The van der Waals surface area contributed by atoms with Gasteiger partial charge in [0.1, 0.15) is 0 Å². The van der Waals surface area contributed by atoms with Crippen molar-refractivity contribution in [3.05, 3.63) is 27.5 Å². The third-order valence-electron chi connectivity index (χ3n) is 1.90. The molecule has 1 heterocycles. The van der Waals surface area contributed by atoms with Gasteiger partial charge in [-0.3, -0.25) is 4.79 Å². The van der Waals surface area contributed by atoms with E-state index in [0.29, 0.717) is 0 Å². The molecule has 0 atom stereocenters. The van der Waals surface area contributed by atoms with Crippen LogP contribution in [0.5, 0.6) is 5.88 Å². The summed E-state index contributed by atoms with van der Waals surface area (Å²) in [4.78, 5) is 25.0. The standard InChI is InChI=1S/C9H9F2NO4/c1-15-8-5(9(14)16-2)6(13)4(3-12-8)7(10)11/h3,7H,1-2H3,(H,12,13). The summed E-state index contributed by atoms with van der Waals surface area (Å²) in [5.74, 6) is -1.23. The zero-order chi connectivity index (χ0) is 12.3. The molecular weight excluding hydrogens is 224 g/mol. The van der Waals surface area contributed by atoms with Crippen molar-refractivity contribution in [2.45, 2.75) is 6.43 Å². The number of pyridine rings is 1. The average Bonchev–Trinajstić information content (AvgIpc) is 2.26. The highest BCUT2D eigenvalue weighted by atomic mass is 19.3. The Kier molecular flexibility index (Phi) is 3.60. The molecule has 0 unspecified atom stereocenters. The number of halogens is 2. The molecule has 0 saturated heterocycles. The molecule has 1 N–H and O–H groups in total. The van der Waals surface area contributed by atoms with Crippen LogP contribution in [0.2, 0.25) is 0 Å². The van der Waals surface area contributed by atoms with Crippen molar-refractivity contribution in [1.82, 2.24) is 4.98 Å². The minimum Gasteiger partial charge on any atom is -0.482 e. The number of esters is 1. The normalized spacial score (nSPS) is 10.3. The maximum Gasteiger partial charge on any atom is 0.347 e. The number of hydrogen-bond acceptors (Lipinski definition) is 4. The molecule has 0 saturated carbocycles. The van der Waals surface area contributed by atoms with Gasteiger partial charge in [-0.15, -0.1) is 0 Å². The molecule has 0 aliphatic heterocycles. The van der Waals surface area contributed by atoms with Gasteiger partial charge >= 0.3 is 5.97 Å². The minimum absolute atomic E-state index is 0.207. The monoisotopic (exact) mass is 233 g/mol. The number of carbonyl (C=O) groups excluding carboxylic acids is 1. The second-order valence-corrected chi connectivity index (χ2v) is 2.77. The van der Waals surface area contributed by atoms with Crippen LogP contribution < -0.4 is 10.2 Å². The Hall–Kier alpha value is -1.92. The predicted octanol–water partition coefficient (Wildman–Crippen LogP) is 1.11. The highest BCUT2D eigenvalue weighted by molar-refractivity contribution is 5.91. The van der Waals surface area contributed by atoms with E-state index in [9.17, 15) is 18.4 Å². The fraction of sp³-hybridized carbons (Fsp3) is 0.333. The Balaban J connectivity index is 3.47. The number of alkyl halides is 2. The van der Waals surface area contributed by atoms with Crippen LogP contribution >= 0.6 is 0 Å². The van der Waals surface area contributed by atoms with Crippen LogP contribution in [0.1, 0.15) is 22.3 Å². The van der Waals surface area contributed by atoms with Crippen LogP contribution in [0, 0.1) is 0 Å². The van der Waals surface area contributed by atoms with Gasteiger partial charge in [-0.1, -0.05) is 0 Å². The maximum atomic E-state index is 12.4. The number of aromatic nitrogens is 1. The minimum atomic E-state index is -2.97. The van der Waals surface area contributed by atoms with E-state index in [1.165, 1.54) is 7.11 Å². The third-order valence-corrected chi connectivity index (χ3v) is 1.90. The smallest absolute Gasteiger partial charge is 0.347 e. The van der Waals surface area contributed by atoms with Gasteiger partial charge in [0.2, 0.25) is 11.3 Å². The molecule has 1 aromatic rings. The van der Waals surface area contributed by atoms with Crippen molar-refractivity contribution in [1.29, 1.82) is 0 Å². The summed E-state index contributed by atoms with van der Waals surface area (Å²) in [5, 5.41) is 0. The van der Waals surface area contributed by atoms with Crippen LogP contribution in [-0.2, 0) is 4.74 Å². The number of aromatic amines is 1. The molecule has 0 radical (unpaired) electrons. The molecule has 0 spiro atoms. The number of carbonyl (C=O) groups is 1. The lowest BCUT2D eigenvalue weighted by Gasteiger charge is -2.07. The summed E-state index contributed by atoms with van der Waals surface area (Å²) in [6.07, 6.45) is -2.17. The van der Waals surface area contributed by atoms with E-state index in [4.69, 9.17) is 0 Å². The molecule has 0 aliphatic rings. The van der Waals surface area contributed by atoms with Gasteiger partial charge in [-0.25, -0.2) is 13.6 Å². The van der Waals surface area contributed by atoms with Crippen LogP contribution in [0.4, 0.5) is 8.78 Å². The Labute approximate surface area is 89.0 Å². The Morgan fingerprint density at radius 2 is 2.06 bits per heavy atom. The number of rotatable bonds is 3. The Bertz CT molecular complexity index is 455. The topological polar surface area (TPSA) is 68.4 Å². The summed E-state index contributed by atoms with van der Waals surface area (Å²) in [6, 6.07) is 0. The van der Waals surface area contributed by atoms with Gasteiger partial charge in [0.25, 0.3) is 6.43 Å². The number of methoxy groups -OCH3 is 2. The summed E-state index contributed by atoms with van der Waals surface area (Å²) >= 11 is 0. The largest absolute Gasteiger partial charge is 0.482 e. The van der Waals surface area contributed by atoms with Crippen molar-refractivity contribution in [2.75, 3.05) is 14.2 Å². The van der Waals surface area contributed by atoms with Gasteiger partial charge in [-0.05, 0) is 0 Å². The van der Waals surface area contributed by atoms with Crippen molar-refractivity contribution < 1.29 is 23.0 Å². The Morgan fingerprint density at radius 1 is 1.44 bits per heavy atom. The van der Waals surface area contributed by atoms with Crippen LogP contribution in [0.3, 0.4) is 0 Å². The van der Waals surface area contributed by atoms with Gasteiger partial charge in [0, 0.05) is 6.20 Å². The van der Waals surface area contributed by atoms with Crippen molar-refractivity contribution >= 4 is 5.97 Å². The third kappa shape index (κ3) is 2.02. The highest BCUT2D eigenvalue weighted by Gasteiger charge is 2.23. The molecule has 5 nitrogen and oxygen atoms in total. The van der Waals surface area contributed by atoms with Crippen LogP contribution in [0.15, 0.2) is 11.0 Å².